The minimum atomic E-state index is 0.563. The summed E-state index contributed by atoms with van der Waals surface area (Å²) in [5.74, 6) is 1.76. The SMILES string of the molecule is C=CC=CC=Cc1nc(-c2ccccc2)nc(-n2ccc3ccc4c5ccccc5n(-c5ccccc5)c4c32)n1. The van der Waals surface area contributed by atoms with Crippen molar-refractivity contribution >= 4 is 38.8 Å². The first-order valence-corrected chi connectivity index (χ1v) is 13.2. The number of nitrogens with zero attached hydrogens (tertiary/aromatic N) is 5. The summed E-state index contributed by atoms with van der Waals surface area (Å²) in [6.07, 6.45) is 11.4. The van der Waals surface area contributed by atoms with Crippen LogP contribution >= 0.6 is 0 Å². The fourth-order valence-corrected chi connectivity index (χ4v) is 5.25. The Balaban J connectivity index is 1.54. The molecule has 190 valence electrons. The smallest absolute Gasteiger partial charge is 0.238 e. The largest absolute Gasteiger partial charge is 0.307 e. The van der Waals surface area contributed by atoms with Crippen molar-refractivity contribution in [2.24, 2.45) is 0 Å². The highest BCUT2D eigenvalue weighted by Gasteiger charge is 2.19. The van der Waals surface area contributed by atoms with Gasteiger partial charge in [0.1, 0.15) is 0 Å². The molecular weight excluding hydrogens is 490 g/mol. The monoisotopic (exact) mass is 515 g/mol. The van der Waals surface area contributed by atoms with Gasteiger partial charge in [-0.2, -0.15) is 9.97 Å². The van der Waals surface area contributed by atoms with E-state index < -0.39 is 0 Å². The third-order valence-corrected chi connectivity index (χ3v) is 6.99. The highest BCUT2D eigenvalue weighted by atomic mass is 15.2. The van der Waals surface area contributed by atoms with Gasteiger partial charge in [-0.25, -0.2) is 4.98 Å². The van der Waals surface area contributed by atoms with Crippen LogP contribution in [0.3, 0.4) is 0 Å². The van der Waals surface area contributed by atoms with Crippen molar-refractivity contribution < 1.29 is 0 Å². The number of hydrogen-bond acceptors (Lipinski definition) is 3. The molecule has 0 aliphatic carbocycles. The van der Waals surface area contributed by atoms with E-state index in [0.29, 0.717) is 17.6 Å². The van der Waals surface area contributed by atoms with Crippen LogP contribution in [-0.2, 0) is 0 Å². The van der Waals surface area contributed by atoms with Gasteiger partial charge in [0, 0.05) is 33.6 Å². The van der Waals surface area contributed by atoms with Crippen LogP contribution in [0.5, 0.6) is 0 Å². The molecule has 5 heteroatoms. The van der Waals surface area contributed by atoms with E-state index in [4.69, 9.17) is 15.0 Å². The van der Waals surface area contributed by atoms with Crippen molar-refractivity contribution in [1.82, 2.24) is 24.1 Å². The summed E-state index contributed by atoms with van der Waals surface area (Å²) >= 11 is 0. The maximum absolute atomic E-state index is 4.97. The van der Waals surface area contributed by atoms with Crippen LogP contribution < -0.4 is 0 Å². The summed E-state index contributed by atoms with van der Waals surface area (Å²) in [6.45, 7) is 3.74. The van der Waals surface area contributed by atoms with Crippen molar-refractivity contribution in [2.75, 3.05) is 0 Å². The molecule has 0 spiro atoms. The highest BCUT2D eigenvalue weighted by molar-refractivity contribution is 6.18. The molecule has 3 aromatic heterocycles. The first kappa shape index (κ1) is 23.6. The van der Waals surface area contributed by atoms with Crippen LogP contribution in [0.25, 0.3) is 61.8 Å². The van der Waals surface area contributed by atoms with Crippen molar-refractivity contribution in [3.63, 3.8) is 0 Å². The Hall–Kier alpha value is -5.55. The zero-order valence-corrected chi connectivity index (χ0v) is 21.7. The molecule has 0 radical (unpaired) electrons. The average molecular weight is 516 g/mol. The summed E-state index contributed by atoms with van der Waals surface area (Å²) < 4.78 is 4.42. The van der Waals surface area contributed by atoms with Gasteiger partial charge in [0.25, 0.3) is 0 Å². The number of allylic oxidation sites excluding steroid dienone is 4. The molecule has 0 unspecified atom stereocenters. The van der Waals surface area contributed by atoms with Gasteiger partial charge in [-0.05, 0) is 30.3 Å². The molecule has 0 amide bonds. The lowest BCUT2D eigenvalue weighted by Crippen LogP contribution is -2.06. The molecule has 40 heavy (non-hydrogen) atoms. The fourth-order valence-electron chi connectivity index (χ4n) is 5.25. The van der Waals surface area contributed by atoms with Crippen LogP contribution in [0.15, 0.2) is 140 Å². The number of benzene rings is 4. The topological polar surface area (TPSA) is 48.5 Å². The quantitative estimate of drug-likeness (QED) is 0.209. The van der Waals surface area contributed by atoms with E-state index in [2.05, 4.69) is 82.4 Å². The second kappa shape index (κ2) is 9.97. The van der Waals surface area contributed by atoms with Gasteiger partial charge in [0.15, 0.2) is 11.6 Å². The molecule has 0 atom stereocenters. The van der Waals surface area contributed by atoms with E-state index in [9.17, 15) is 0 Å². The molecule has 7 rings (SSSR count). The molecule has 5 nitrogen and oxygen atoms in total. The zero-order valence-electron chi connectivity index (χ0n) is 21.7. The van der Waals surface area contributed by atoms with E-state index in [-0.39, 0.29) is 0 Å². The third-order valence-electron chi connectivity index (χ3n) is 6.99. The van der Waals surface area contributed by atoms with Crippen LogP contribution in [0.4, 0.5) is 0 Å². The minimum Gasteiger partial charge on any atom is -0.307 e. The molecule has 0 aliphatic heterocycles. The van der Waals surface area contributed by atoms with Crippen molar-refractivity contribution in [2.45, 2.75) is 0 Å². The Labute approximate surface area is 231 Å². The third kappa shape index (κ3) is 4.01. The van der Waals surface area contributed by atoms with Crippen molar-refractivity contribution in [1.29, 1.82) is 0 Å². The molecule has 0 N–H and O–H groups in total. The number of para-hydroxylation sites is 2. The molecule has 0 bridgehead atoms. The predicted octanol–water partition coefficient (Wildman–Crippen LogP) is 8.34. The van der Waals surface area contributed by atoms with E-state index in [0.717, 1.165) is 33.2 Å². The summed E-state index contributed by atoms with van der Waals surface area (Å²) in [7, 11) is 0. The van der Waals surface area contributed by atoms with Gasteiger partial charge in [-0.1, -0.05) is 110 Å². The van der Waals surface area contributed by atoms with Crippen molar-refractivity contribution in [3.8, 4) is 23.0 Å². The standard InChI is InChI=1S/C35H25N5/c1-2-3-4-11-20-31-36-34(26-14-7-5-8-15-26)38-35(37-31)39-24-23-25-21-22-29-28-18-12-13-19-30(28)40(33(29)32(25)39)27-16-9-6-10-17-27/h2-24H,1H2. The number of hydrogen-bond donors (Lipinski definition) is 0. The molecule has 3 heterocycles. The summed E-state index contributed by atoms with van der Waals surface area (Å²) in [5.41, 5.74) is 5.35. The van der Waals surface area contributed by atoms with E-state index in [1.807, 2.05) is 66.9 Å². The van der Waals surface area contributed by atoms with Crippen LogP contribution in [0, 0.1) is 0 Å². The highest BCUT2D eigenvalue weighted by Crippen LogP contribution is 2.37. The maximum Gasteiger partial charge on any atom is 0.238 e. The average Bonchev–Trinajstić information content (AvgIpc) is 3.60. The summed E-state index contributed by atoms with van der Waals surface area (Å²) in [5, 5.41) is 3.49. The van der Waals surface area contributed by atoms with E-state index >= 15 is 0 Å². The second-order valence-electron chi connectivity index (χ2n) is 9.44. The van der Waals surface area contributed by atoms with Crippen LogP contribution in [0.2, 0.25) is 0 Å². The summed E-state index contributed by atoms with van der Waals surface area (Å²) in [4.78, 5) is 14.6. The number of fused-ring (bicyclic) bond motifs is 5. The van der Waals surface area contributed by atoms with Crippen molar-refractivity contribution in [3.05, 3.63) is 146 Å². The lowest BCUT2D eigenvalue weighted by molar-refractivity contribution is 0.918. The summed E-state index contributed by atoms with van der Waals surface area (Å²) in [6, 6.07) is 35.6. The second-order valence-corrected chi connectivity index (χ2v) is 9.44. The Kier molecular flexibility index (Phi) is 5.87. The molecule has 0 saturated carbocycles. The van der Waals surface area contributed by atoms with Crippen LogP contribution in [-0.4, -0.2) is 24.1 Å². The molecule has 0 saturated heterocycles. The Morgan fingerprint density at radius 2 is 1.40 bits per heavy atom. The van der Waals surface area contributed by atoms with Crippen LogP contribution in [0.1, 0.15) is 5.82 Å². The lowest BCUT2D eigenvalue weighted by Gasteiger charge is -2.12. The van der Waals surface area contributed by atoms with Gasteiger partial charge in [0.05, 0.1) is 16.6 Å². The van der Waals surface area contributed by atoms with Gasteiger partial charge < -0.3 is 4.57 Å². The first-order chi connectivity index (χ1) is 19.8. The Morgan fingerprint density at radius 1 is 0.625 bits per heavy atom. The van der Waals surface area contributed by atoms with Gasteiger partial charge in [-0.3, -0.25) is 4.57 Å². The lowest BCUT2D eigenvalue weighted by atomic mass is 10.1. The first-order valence-electron chi connectivity index (χ1n) is 13.2. The predicted molar refractivity (Wildman–Crippen MR) is 165 cm³/mol. The van der Waals surface area contributed by atoms with E-state index in [1.165, 1.54) is 10.8 Å². The molecule has 0 aliphatic rings. The number of rotatable bonds is 6. The molecular formula is C35H25N5. The molecule has 0 fully saturated rings. The number of aromatic nitrogens is 5. The molecule has 4 aromatic carbocycles. The molecule has 7 aromatic rings. The Bertz CT molecular complexity index is 2060. The Morgan fingerprint density at radius 3 is 2.23 bits per heavy atom. The van der Waals surface area contributed by atoms with Gasteiger partial charge >= 0.3 is 0 Å². The van der Waals surface area contributed by atoms with E-state index in [1.54, 1.807) is 6.08 Å². The normalized spacial score (nSPS) is 11.9. The minimum absolute atomic E-state index is 0.563. The fraction of sp³-hybridized carbons (Fsp3) is 0. The zero-order chi connectivity index (χ0) is 26.9. The van der Waals surface area contributed by atoms with Gasteiger partial charge in [-0.15, -0.1) is 0 Å². The maximum atomic E-state index is 4.97. The van der Waals surface area contributed by atoms with Gasteiger partial charge in [0.2, 0.25) is 5.95 Å².